The van der Waals surface area contributed by atoms with Gasteiger partial charge < -0.3 is 4.90 Å². The highest BCUT2D eigenvalue weighted by Crippen LogP contribution is 2.11. The zero-order valence-corrected chi connectivity index (χ0v) is 10.7. The fourth-order valence-corrected chi connectivity index (χ4v) is 3.48. The largest absolute Gasteiger partial charge is 0.342 e. The summed E-state index contributed by atoms with van der Waals surface area (Å²) in [5.74, 6) is -0.120. The molecule has 2 fully saturated rings. The summed E-state index contributed by atoms with van der Waals surface area (Å²) in [5, 5.41) is 0. The number of carbonyl (C=O) groups is 1. The Kier molecular flexibility index (Phi) is 4.01. The van der Waals surface area contributed by atoms with E-state index in [0.717, 1.165) is 38.8 Å². The molecule has 98 valence electrons. The van der Waals surface area contributed by atoms with Gasteiger partial charge in [0.2, 0.25) is 5.91 Å². The standard InChI is InChI=1S/C10H19N3O3S/c14-10(12-5-1-2-6-12)9-11-17(15,16)13-7-3-4-8-13/h11H,1-9H2. The van der Waals surface area contributed by atoms with Crippen molar-refractivity contribution in [2.75, 3.05) is 32.7 Å². The molecule has 2 saturated heterocycles. The molecule has 0 unspecified atom stereocenters. The van der Waals surface area contributed by atoms with Crippen molar-refractivity contribution in [1.29, 1.82) is 0 Å². The van der Waals surface area contributed by atoms with E-state index in [1.807, 2.05) is 0 Å². The molecule has 6 nitrogen and oxygen atoms in total. The molecule has 2 rings (SSSR count). The van der Waals surface area contributed by atoms with Crippen molar-refractivity contribution in [3.05, 3.63) is 0 Å². The van der Waals surface area contributed by atoms with Gasteiger partial charge in [0.15, 0.2) is 0 Å². The molecule has 2 heterocycles. The summed E-state index contributed by atoms with van der Waals surface area (Å²) in [7, 11) is -3.45. The highest BCUT2D eigenvalue weighted by Gasteiger charge is 2.26. The van der Waals surface area contributed by atoms with Gasteiger partial charge in [-0.2, -0.15) is 17.4 Å². The van der Waals surface area contributed by atoms with Gasteiger partial charge in [0.05, 0.1) is 6.54 Å². The molecule has 1 N–H and O–H groups in total. The first-order chi connectivity index (χ1) is 8.09. The predicted octanol–water partition coefficient (Wildman–Crippen LogP) is -0.461. The molecule has 0 atom stereocenters. The second kappa shape index (κ2) is 5.32. The molecule has 0 radical (unpaired) electrons. The highest BCUT2D eigenvalue weighted by molar-refractivity contribution is 7.87. The number of hydrogen-bond donors (Lipinski definition) is 1. The molecule has 2 aliphatic rings. The van der Waals surface area contributed by atoms with Crippen LogP contribution in [0.2, 0.25) is 0 Å². The molecule has 7 heteroatoms. The predicted molar refractivity (Wildman–Crippen MR) is 63.5 cm³/mol. The third kappa shape index (κ3) is 3.17. The zero-order valence-electron chi connectivity index (χ0n) is 9.89. The van der Waals surface area contributed by atoms with E-state index in [-0.39, 0.29) is 12.5 Å². The smallest absolute Gasteiger partial charge is 0.279 e. The van der Waals surface area contributed by atoms with E-state index in [9.17, 15) is 13.2 Å². The van der Waals surface area contributed by atoms with E-state index >= 15 is 0 Å². The number of nitrogens with one attached hydrogen (secondary N) is 1. The fourth-order valence-electron chi connectivity index (χ4n) is 2.25. The van der Waals surface area contributed by atoms with Crippen LogP contribution in [-0.2, 0) is 15.0 Å². The lowest BCUT2D eigenvalue weighted by Crippen LogP contribution is -2.44. The third-order valence-electron chi connectivity index (χ3n) is 3.27. The van der Waals surface area contributed by atoms with Crippen LogP contribution in [0, 0.1) is 0 Å². The maximum atomic E-state index is 11.8. The Balaban J connectivity index is 1.82. The Morgan fingerprint density at radius 2 is 1.53 bits per heavy atom. The molecule has 0 aromatic carbocycles. The Labute approximate surface area is 102 Å². The average Bonchev–Trinajstić information content (AvgIpc) is 2.97. The van der Waals surface area contributed by atoms with Crippen LogP contribution in [0.4, 0.5) is 0 Å². The zero-order chi connectivity index (χ0) is 12.3. The van der Waals surface area contributed by atoms with Crippen LogP contribution >= 0.6 is 0 Å². The summed E-state index contributed by atoms with van der Waals surface area (Å²) < 4.78 is 27.4. The summed E-state index contributed by atoms with van der Waals surface area (Å²) >= 11 is 0. The monoisotopic (exact) mass is 261 g/mol. The molecule has 0 bridgehead atoms. The summed E-state index contributed by atoms with van der Waals surface area (Å²) in [5.41, 5.74) is 0. The molecule has 17 heavy (non-hydrogen) atoms. The van der Waals surface area contributed by atoms with Gasteiger partial charge in [0, 0.05) is 26.2 Å². The average molecular weight is 261 g/mol. The minimum atomic E-state index is -3.45. The maximum absolute atomic E-state index is 11.8. The molecule has 0 spiro atoms. The number of likely N-dealkylation sites (tertiary alicyclic amines) is 1. The van der Waals surface area contributed by atoms with Crippen molar-refractivity contribution in [2.45, 2.75) is 25.7 Å². The van der Waals surface area contributed by atoms with Crippen LogP contribution in [0.1, 0.15) is 25.7 Å². The van der Waals surface area contributed by atoms with E-state index in [0.29, 0.717) is 13.1 Å². The van der Waals surface area contributed by atoms with Crippen molar-refractivity contribution in [3.8, 4) is 0 Å². The van der Waals surface area contributed by atoms with Crippen molar-refractivity contribution in [1.82, 2.24) is 13.9 Å². The van der Waals surface area contributed by atoms with Crippen LogP contribution in [-0.4, -0.2) is 56.3 Å². The summed E-state index contributed by atoms with van der Waals surface area (Å²) in [4.78, 5) is 13.4. The lowest BCUT2D eigenvalue weighted by Gasteiger charge is -2.18. The highest BCUT2D eigenvalue weighted by atomic mass is 32.2. The van der Waals surface area contributed by atoms with Gasteiger partial charge in [-0.25, -0.2) is 0 Å². The van der Waals surface area contributed by atoms with Gasteiger partial charge in [-0.3, -0.25) is 4.79 Å². The molecule has 1 amide bonds. The summed E-state index contributed by atoms with van der Waals surface area (Å²) in [6, 6.07) is 0. The first-order valence-electron chi connectivity index (χ1n) is 6.12. The minimum Gasteiger partial charge on any atom is -0.342 e. The number of rotatable bonds is 4. The van der Waals surface area contributed by atoms with Crippen molar-refractivity contribution in [3.63, 3.8) is 0 Å². The molecule has 0 aromatic rings. The molecule has 0 aromatic heterocycles. The van der Waals surface area contributed by atoms with Gasteiger partial charge >= 0.3 is 0 Å². The van der Waals surface area contributed by atoms with Crippen molar-refractivity contribution in [2.24, 2.45) is 0 Å². The van der Waals surface area contributed by atoms with Crippen LogP contribution < -0.4 is 4.72 Å². The van der Waals surface area contributed by atoms with Crippen LogP contribution in [0.3, 0.4) is 0 Å². The molecule has 2 aliphatic heterocycles. The second-order valence-electron chi connectivity index (χ2n) is 4.52. The van der Waals surface area contributed by atoms with Gasteiger partial charge in [-0.05, 0) is 25.7 Å². The van der Waals surface area contributed by atoms with E-state index in [1.165, 1.54) is 4.31 Å². The van der Waals surface area contributed by atoms with Crippen LogP contribution in [0.15, 0.2) is 0 Å². The first kappa shape index (κ1) is 12.8. The second-order valence-corrected chi connectivity index (χ2v) is 6.28. The normalized spacial score (nSPS) is 22.2. The molecule has 0 saturated carbocycles. The van der Waals surface area contributed by atoms with E-state index < -0.39 is 10.2 Å². The van der Waals surface area contributed by atoms with Gasteiger partial charge in [0.25, 0.3) is 10.2 Å². The maximum Gasteiger partial charge on any atom is 0.279 e. The fraction of sp³-hybridized carbons (Fsp3) is 0.900. The summed E-state index contributed by atoms with van der Waals surface area (Å²) in [6.45, 7) is 2.52. The Hall–Kier alpha value is -0.660. The van der Waals surface area contributed by atoms with Crippen LogP contribution in [0.5, 0.6) is 0 Å². The van der Waals surface area contributed by atoms with Gasteiger partial charge in [0.1, 0.15) is 0 Å². The van der Waals surface area contributed by atoms with Crippen molar-refractivity contribution >= 4 is 16.1 Å². The van der Waals surface area contributed by atoms with E-state index in [1.54, 1.807) is 4.90 Å². The lowest BCUT2D eigenvalue weighted by atomic mass is 10.4. The molecule has 0 aliphatic carbocycles. The number of hydrogen-bond acceptors (Lipinski definition) is 3. The third-order valence-corrected chi connectivity index (χ3v) is 4.82. The minimum absolute atomic E-state index is 0.112. The Morgan fingerprint density at radius 1 is 1.00 bits per heavy atom. The molecular formula is C10H19N3O3S. The number of amides is 1. The topological polar surface area (TPSA) is 69.7 Å². The quantitative estimate of drug-likeness (QED) is 0.744. The summed E-state index contributed by atoms with van der Waals surface area (Å²) in [6.07, 6.45) is 3.84. The Bertz CT molecular complexity index is 370. The lowest BCUT2D eigenvalue weighted by molar-refractivity contribution is -0.128. The first-order valence-corrected chi connectivity index (χ1v) is 7.56. The number of carbonyl (C=O) groups excluding carboxylic acids is 1. The van der Waals surface area contributed by atoms with E-state index in [2.05, 4.69) is 4.72 Å². The van der Waals surface area contributed by atoms with E-state index in [4.69, 9.17) is 0 Å². The van der Waals surface area contributed by atoms with Crippen molar-refractivity contribution < 1.29 is 13.2 Å². The molecular weight excluding hydrogens is 242 g/mol. The SMILES string of the molecule is O=C(CNS(=O)(=O)N1CCCC1)N1CCCC1. The Morgan fingerprint density at radius 3 is 2.12 bits per heavy atom. The number of nitrogens with zero attached hydrogens (tertiary/aromatic N) is 2. The van der Waals surface area contributed by atoms with Crippen LogP contribution in [0.25, 0.3) is 0 Å². The van der Waals surface area contributed by atoms with Gasteiger partial charge in [-0.1, -0.05) is 0 Å². The van der Waals surface area contributed by atoms with Gasteiger partial charge in [-0.15, -0.1) is 0 Å².